The van der Waals surface area contributed by atoms with Crippen LogP contribution in [0.2, 0.25) is 0 Å². The number of ketones is 1. The van der Waals surface area contributed by atoms with Gasteiger partial charge in [-0.15, -0.1) is 0 Å². The number of allylic oxidation sites excluding steroid dienone is 2. The van der Waals surface area contributed by atoms with E-state index in [-0.39, 0.29) is 18.3 Å². The van der Waals surface area contributed by atoms with E-state index in [0.29, 0.717) is 19.4 Å². The summed E-state index contributed by atoms with van der Waals surface area (Å²) in [5.74, 6) is -0.0678. The van der Waals surface area contributed by atoms with Crippen LogP contribution in [-0.4, -0.2) is 53.6 Å². The Morgan fingerprint density at radius 3 is 2.28 bits per heavy atom. The van der Waals surface area contributed by atoms with Gasteiger partial charge in [0, 0.05) is 24.9 Å². The Morgan fingerprint density at radius 2 is 1.69 bits per heavy atom. The monoisotopic (exact) mass is 410 g/mol. The summed E-state index contributed by atoms with van der Waals surface area (Å²) < 4.78 is 5.84. The molecular weight excluding hydrogens is 368 g/mol. The molecule has 5 heteroatoms. The summed E-state index contributed by atoms with van der Waals surface area (Å²) in [7, 11) is 0. The Bertz CT molecular complexity index is 485. The first-order valence-electron chi connectivity index (χ1n) is 11.4. The number of hydrogen-bond acceptors (Lipinski definition) is 5. The predicted molar refractivity (Wildman–Crippen MR) is 117 cm³/mol. The molecular formula is C24H42O5. The summed E-state index contributed by atoms with van der Waals surface area (Å²) in [4.78, 5) is 12.0. The van der Waals surface area contributed by atoms with Gasteiger partial charge >= 0.3 is 0 Å². The summed E-state index contributed by atoms with van der Waals surface area (Å²) >= 11 is 0. The van der Waals surface area contributed by atoms with Gasteiger partial charge in [-0.25, -0.2) is 0 Å². The summed E-state index contributed by atoms with van der Waals surface area (Å²) in [6.07, 6.45) is 18.9. The van der Waals surface area contributed by atoms with Crippen LogP contribution in [0.5, 0.6) is 0 Å². The van der Waals surface area contributed by atoms with E-state index in [9.17, 15) is 20.1 Å². The highest BCUT2D eigenvalue weighted by atomic mass is 16.5. The van der Waals surface area contributed by atoms with E-state index < -0.39 is 25.2 Å². The van der Waals surface area contributed by atoms with Gasteiger partial charge in [-0.05, 0) is 25.7 Å². The van der Waals surface area contributed by atoms with Crippen molar-refractivity contribution in [3.8, 4) is 0 Å². The third kappa shape index (κ3) is 11.1. The zero-order valence-corrected chi connectivity index (χ0v) is 18.3. The van der Waals surface area contributed by atoms with Crippen LogP contribution in [0, 0.1) is 5.41 Å². The third-order valence-corrected chi connectivity index (χ3v) is 5.72. The van der Waals surface area contributed by atoms with Gasteiger partial charge in [-0.2, -0.15) is 0 Å². The van der Waals surface area contributed by atoms with Crippen molar-refractivity contribution in [1.82, 2.24) is 0 Å². The normalized spacial score (nSPS) is 16.8. The molecule has 1 unspecified atom stereocenters. The SMILES string of the molecule is CCCCCCCCCC1=CCC(OCCCC(=O)CC(CO)(CO)CO)C=C1. The fourth-order valence-corrected chi connectivity index (χ4v) is 3.57. The molecule has 0 heterocycles. The number of rotatable bonds is 18. The second-order valence-corrected chi connectivity index (χ2v) is 8.45. The average molecular weight is 411 g/mol. The molecule has 0 bridgehead atoms. The van der Waals surface area contributed by atoms with E-state index >= 15 is 0 Å². The minimum absolute atomic E-state index is 0.00939. The number of hydrogen-bond donors (Lipinski definition) is 3. The second-order valence-electron chi connectivity index (χ2n) is 8.45. The first-order valence-corrected chi connectivity index (χ1v) is 11.4. The third-order valence-electron chi connectivity index (χ3n) is 5.72. The van der Waals surface area contributed by atoms with E-state index in [4.69, 9.17) is 4.74 Å². The molecule has 0 saturated carbocycles. The molecule has 0 aromatic carbocycles. The number of unbranched alkanes of at least 4 members (excludes halogenated alkanes) is 6. The maximum Gasteiger partial charge on any atom is 0.133 e. The van der Waals surface area contributed by atoms with Crippen LogP contribution in [0.1, 0.15) is 84.0 Å². The average Bonchev–Trinajstić information content (AvgIpc) is 2.75. The van der Waals surface area contributed by atoms with Crippen LogP contribution in [0.25, 0.3) is 0 Å². The molecule has 0 fully saturated rings. The first kappa shape index (κ1) is 26.0. The number of carbonyl (C=O) groups excluding carboxylic acids is 1. The molecule has 0 aromatic rings. The topological polar surface area (TPSA) is 87.0 Å². The number of carbonyl (C=O) groups is 1. The van der Waals surface area contributed by atoms with Crippen LogP contribution in [-0.2, 0) is 9.53 Å². The maximum absolute atomic E-state index is 12.0. The highest BCUT2D eigenvalue weighted by Gasteiger charge is 2.30. The quantitative estimate of drug-likeness (QED) is 0.296. The van der Waals surface area contributed by atoms with Gasteiger partial charge in [-0.1, -0.05) is 69.2 Å². The largest absolute Gasteiger partial charge is 0.396 e. The molecule has 3 N–H and O–H groups in total. The van der Waals surface area contributed by atoms with E-state index in [1.54, 1.807) is 0 Å². The number of Topliss-reactive ketones (excluding diaryl/α,β-unsaturated/α-hetero) is 1. The Morgan fingerprint density at radius 1 is 1.03 bits per heavy atom. The van der Waals surface area contributed by atoms with Gasteiger partial charge in [0.1, 0.15) is 5.78 Å². The molecule has 0 spiro atoms. The van der Waals surface area contributed by atoms with Crippen molar-refractivity contribution < 1.29 is 24.9 Å². The van der Waals surface area contributed by atoms with Gasteiger partial charge in [0.05, 0.1) is 25.9 Å². The van der Waals surface area contributed by atoms with Crippen LogP contribution < -0.4 is 0 Å². The summed E-state index contributed by atoms with van der Waals surface area (Å²) in [5.41, 5.74) is 0.294. The van der Waals surface area contributed by atoms with Crippen molar-refractivity contribution in [3.05, 3.63) is 23.8 Å². The van der Waals surface area contributed by atoms with Crippen LogP contribution in [0.15, 0.2) is 23.8 Å². The Kier molecular flexibility index (Phi) is 14.2. The predicted octanol–water partition coefficient (Wildman–Crippen LogP) is 4.10. The van der Waals surface area contributed by atoms with Gasteiger partial charge in [-0.3, -0.25) is 4.79 Å². The van der Waals surface area contributed by atoms with Gasteiger partial charge in [0.25, 0.3) is 0 Å². The fraction of sp³-hybridized carbons (Fsp3) is 0.792. The van der Waals surface area contributed by atoms with Crippen LogP contribution in [0.4, 0.5) is 0 Å². The lowest BCUT2D eigenvalue weighted by atomic mass is 9.84. The summed E-state index contributed by atoms with van der Waals surface area (Å²) in [6, 6.07) is 0. The molecule has 0 aliphatic heterocycles. The zero-order chi connectivity index (χ0) is 21.4. The maximum atomic E-state index is 12.0. The zero-order valence-electron chi connectivity index (χ0n) is 18.3. The molecule has 168 valence electrons. The lowest BCUT2D eigenvalue weighted by Crippen LogP contribution is -2.36. The Hall–Kier alpha value is -1.01. The number of ether oxygens (including phenoxy) is 1. The molecule has 5 nitrogen and oxygen atoms in total. The van der Waals surface area contributed by atoms with Crippen molar-refractivity contribution in [2.45, 2.75) is 90.1 Å². The molecule has 1 rings (SSSR count). The molecule has 1 atom stereocenters. The van der Waals surface area contributed by atoms with Crippen molar-refractivity contribution >= 4 is 5.78 Å². The van der Waals surface area contributed by atoms with Crippen molar-refractivity contribution in [3.63, 3.8) is 0 Å². The van der Waals surface area contributed by atoms with E-state index in [1.807, 2.05) is 0 Å². The Labute approximate surface area is 176 Å². The molecule has 0 saturated heterocycles. The molecule has 1 aliphatic carbocycles. The highest BCUT2D eigenvalue weighted by Crippen LogP contribution is 2.22. The van der Waals surface area contributed by atoms with E-state index in [1.165, 1.54) is 50.5 Å². The molecule has 29 heavy (non-hydrogen) atoms. The lowest BCUT2D eigenvalue weighted by molar-refractivity contribution is -0.125. The molecule has 0 amide bonds. The second kappa shape index (κ2) is 15.8. The fourth-order valence-electron chi connectivity index (χ4n) is 3.57. The van der Waals surface area contributed by atoms with Crippen molar-refractivity contribution in [1.29, 1.82) is 0 Å². The standard InChI is InChI=1S/C24H42O5/c1-2-3-4-5-6-7-8-10-21-12-14-23(15-13-21)29-16-9-11-22(28)17-24(18-25,19-26)20-27/h12-14,23,25-27H,2-11,15-20H2,1H3. The molecule has 1 aliphatic rings. The van der Waals surface area contributed by atoms with Gasteiger partial charge < -0.3 is 20.1 Å². The smallest absolute Gasteiger partial charge is 0.133 e. The van der Waals surface area contributed by atoms with Gasteiger partial charge in [0.15, 0.2) is 0 Å². The van der Waals surface area contributed by atoms with Crippen molar-refractivity contribution in [2.75, 3.05) is 26.4 Å². The minimum atomic E-state index is -1.11. The lowest BCUT2D eigenvalue weighted by Gasteiger charge is -2.26. The van der Waals surface area contributed by atoms with Crippen molar-refractivity contribution in [2.24, 2.45) is 5.41 Å². The molecule has 0 radical (unpaired) electrons. The van der Waals surface area contributed by atoms with Crippen LogP contribution >= 0.6 is 0 Å². The highest BCUT2D eigenvalue weighted by molar-refractivity contribution is 5.79. The Balaban J connectivity index is 2.10. The van der Waals surface area contributed by atoms with E-state index in [2.05, 4.69) is 25.2 Å². The summed E-state index contributed by atoms with van der Waals surface area (Å²) in [5, 5.41) is 27.9. The summed E-state index contributed by atoms with van der Waals surface area (Å²) in [6.45, 7) is 1.55. The van der Waals surface area contributed by atoms with Crippen LogP contribution in [0.3, 0.4) is 0 Å². The number of aliphatic hydroxyl groups is 3. The number of aliphatic hydroxyl groups excluding tert-OH is 3. The minimum Gasteiger partial charge on any atom is -0.396 e. The first-order chi connectivity index (χ1) is 14.1. The van der Waals surface area contributed by atoms with E-state index in [0.717, 1.165) is 12.8 Å². The van der Waals surface area contributed by atoms with Gasteiger partial charge in [0.2, 0.25) is 0 Å². The molecule has 0 aromatic heterocycles.